The Morgan fingerprint density at radius 3 is 2.69 bits per heavy atom. The van der Waals surface area contributed by atoms with E-state index in [-0.39, 0.29) is 11.9 Å². The molecule has 1 fully saturated rings. The first kappa shape index (κ1) is 22.8. The molecule has 0 saturated heterocycles. The molecular weight excluding hydrogens is 370 g/mol. The summed E-state index contributed by atoms with van der Waals surface area (Å²) in [7, 11) is 1.56. The van der Waals surface area contributed by atoms with Crippen LogP contribution in [0.5, 0.6) is 11.5 Å². The standard InChI is InChI=1S/C23H33NO5/c1-6-28-20-12-10-18(14-21(20)27-5)11-13-22(25)29-17(4)23(26)24-19-9-7-8-15(2)16(19)3/h10-17,19H,6-9H2,1-5H3,(H,24,26)/b13-11+/t15-,16-,17+,19-/m0/s1. The van der Waals surface area contributed by atoms with E-state index in [9.17, 15) is 9.59 Å². The van der Waals surface area contributed by atoms with E-state index in [1.165, 1.54) is 12.5 Å². The molecule has 0 spiro atoms. The SMILES string of the molecule is CCOc1ccc(/C=C/C(=O)O[C@H](C)C(=O)N[C@H]2CCC[C@H](C)[C@@H]2C)cc1OC. The average Bonchev–Trinajstić information content (AvgIpc) is 2.70. The molecule has 2 rings (SSSR count). The zero-order chi connectivity index (χ0) is 21.4. The third-order valence-electron chi connectivity index (χ3n) is 5.60. The Bertz CT molecular complexity index is 730. The number of rotatable bonds is 8. The number of hydrogen-bond acceptors (Lipinski definition) is 5. The first-order chi connectivity index (χ1) is 13.8. The molecule has 4 atom stereocenters. The number of methoxy groups -OCH3 is 1. The number of carbonyl (C=O) groups excluding carboxylic acids is 2. The van der Waals surface area contributed by atoms with Gasteiger partial charge in [-0.3, -0.25) is 4.79 Å². The summed E-state index contributed by atoms with van der Waals surface area (Å²) in [6.45, 7) is 8.41. The Labute approximate surface area is 173 Å². The number of amides is 1. The fraction of sp³-hybridized carbons (Fsp3) is 0.565. The molecule has 6 nitrogen and oxygen atoms in total. The number of benzene rings is 1. The maximum atomic E-state index is 12.4. The van der Waals surface area contributed by atoms with Gasteiger partial charge in [0.1, 0.15) is 0 Å². The molecule has 0 aliphatic heterocycles. The Hall–Kier alpha value is -2.50. The van der Waals surface area contributed by atoms with Gasteiger partial charge in [0.2, 0.25) is 0 Å². The van der Waals surface area contributed by atoms with Gasteiger partial charge >= 0.3 is 5.97 Å². The van der Waals surface area contributed by atoms with Crippen molar-refractivity contribution >= 4 is 18.0 Å². The first-order valence-electron chi connectivity index (χ1n) is 10.4. The second-order valence-electron chi connectivity index (χ2n) is 7.64. The van der Waals surface area contributed by atoms with E-state index in [1.807, 2.05) is 13.0 Å². The van der Waals surface area contributed by atoms with E-state index in [2.05, 4.69) is 19.2 Å². The molecule has 29 heavy (non-hydrogen) atoms. The highest BCUT2D eigenvalue weighted by atomic mass is 16.5. The normalized spacial score (nSPS) is 22.7. The summed E-state index contributed by atoms with van der Waals surface area (Å²) in [6, 6.07) is 5.52. The van der Waals surface area contributed by atoms with Crippen LogP contribution >= 0.6 is 0 Å². The van der Waals surface area contributed by atoms with Gasteiger partial charge in [-0.25, -0.2) is 4.79 Å². The molecule has 160 valence electrons. The van der Waals surface area contributed by atoms with E-state index in [1.54, 1.807) is 32.2 Å². The molecule has 0 unspecified atom stereocenters. The quantitative estimate of drug-likeness (QED) is 0.525. The van der Waals surface area contributed by atoms with E-state index < -0.39 is 12.1 Å². The van der Waals surface area contributed by atoms with Gasteiger partial charge in [-0.1, -0.05) is 32.8 Å². The molecule has 1 aromatic carbocycles. The van der Waals surface area contributed by atoms with Gasteiger partial charge in [0.25, 0.3) is 5.91 Å². The van der Waals surface area contributed by atoms with Crippen LogP contribution in [0.3, 0.4) is 0 Å². The van der Waals surface area contributed by atoms with Crippen LogP contribution in [0.2, 0.25) is 0 Å². The number of nitrogens with one attached hydrogen (secondary N) is 1. The third-order valence-corrected chi connectivity index (χ3v) is 5.60. The van der Waals surface area contributed by atoms with Crippen molar-refractivity contribution in [1.82, 2.24) is 5.32 Å². The third kappa shape index (κ3) is 6.51. The fourth-order valence-corrected chi connectivity index (χ4v) is 3.58. The predicted octanol–water partition coefficient (Wildman–Crippen LogP) is 3.98. The lowest BCUT2D eigenvalue weighted by Crippen LogP contribution is -2.47. The molecule has 1 amide bonds. The molecule has 0 heterocycles. The van der Waals surface area contributed by atoms with Gasteiger partial charge in [-0.05, 0) is 55.9 Å². The van der Waals surface area contributed by atoms with E-state index in [4.69, 9.17) is 14.2 Å². The maximum Gasteiger partial charge on any atom is 0.331 e. The monoisotopic (exact) mass is 403 g/mol. The summed E-state index contributed by atoms with van der Waals surface area (Å²) >= 11 is 0. The van der Waals surface area contributed by atoms with Gasteiger partial charge in [-0.15, -0.1) is 0 Å². The lowest BCUT2D eigenvalue weighted by atomic mass is 9.78. The minimum atomic E-state index is -0.841. The first-order valence-corrected chi connectivity index (χ1v) is 10.4. The van der Waals surface area contributed by atoms with Gasteiger partial charge < -0.3 is 19.5 Å². The van der Waals surface area contributed by atoms with Crippen LogP contribution < -0.4 is 14.8 Å². The van der Waals surface area contributed by atoms with Gasteiger partial charge in [0.05, 0.1) is 13.7 Å². The molecule has 1 aliphatic carbocycles. The smallest absolute Gasteiger partial charge is 0.331 e. The predicted molar refractivity (Wildman–Crippen MR) is 113 cm³/mol. The summed E-state index contributed by atoms with van der Waals surface area (Å²) in [6.07, 6.45) is 5.36. The molecule has 0 aromatic heterocycles. The Morgan fingerprint density at radius 1 is 1.24 bits per heavy atom. The molecule has 1 aromatic rings. The molecule has 1 aliphatic rings. The van der Waals surface area contributed by atoms with Crippen LogP contribution in [0, 0.1) is 11.8 Å². The summed E-state index contributed by atoms with van der Waals surface area (Å²) < 4.78 is 16.0. The average molecular weight is 404 g/mol. The lowest BCUT2D eigenvalue weighted by molar-refractivity contribution is -0.150. The largest absolute Gasteiger partial charge is 0.493 e. The van der Waals surface area contributed by atoms with Crippen molar-refractivity contribution in [2.45, 2.75) is 59.1 Å². The van der Waals surface area contributed by atoms with Crippen molar-refractivity contribution in [3.05, 3.63) is 29.8 Å². The zero-order valence-corrected chi connectivity index (χ0v) is 18.1. The van der Waals surface area contributed by atoms with Crippen LogP contribution in [0.25, 0.3) is 6.08 Å². The second kappa shape index (κ2) is 10.9. The number of esters is 1. The highest BCUT2D eigenvalue weighted by molar-refractivity contribution is 5.90. The summed E-state index contributed by atoms with van der Waals surface area (Å²) in [5.74, 6) is 1.43. The molecule has 0 bridgehead atoms. The Balaban J connectivity index is 1.89. The van der Waals surface area contributed by atoms with Gasteiger partial charge in [0.15, 0.2) is 17.6 Å². The summed E-state index contributed by atoms with van der Waals surface area (Å²) in [5, 5.41) is 3.04. The number of carbonyl (C=O) groups is 2. The molecule has 0 radical (unpaired) electrons. The Kier molecular flexibility index (Phi) is 8.55. The highest BCUT2D eigenvalue weighted by Crippen LogP contribution is 2.30. The van der Waals surface area contributed by atoms with Crippen molar-refractivity contribution < 1.29 is 23.8 Å². The topological polar surface area (TPSA) is 73.9 Å². The summed E-state index contributed by atoms with van der Waals surface area (Å²) in [5.41, 5.74) is 0.768. The van der Waals surface area contributed by atoms with Crippen LogP contribution in [-0.2, 0) is 14.3 Å². The number of hydrogen-bond donors (Lipinski definition) is 1. The van der Waals surface area contributed by atoms with Gasteiger partial charge in [-0.2, -0.15) is 0 Å². The molecular formula is C23H33NO5. The van der Waals surface area contributed by atoms with E-state index >= 15 is 0 Å². The van der Waals surface area contributed by atoms with Crippen LogP contribution in [0.1, 0.15) is 52.5 Å². The summed E-state index contributed by atoms with van der Waals surface area (Å²) in [4.78, 5) is 24.5. The molecule has 6 heteroatoms. The van der Waals surface area contributed by atoms with Crippen molar-refractivity contribution in [2.75, 3.05) is 13.7 Å². The van der Waals surface area contributed by atoms with Crippen molar-refractivity contribution in [1.29, 1.82) is 0 Å². The highest BCUT2D eigenvalue weighted by Gasteiger charge is 2.29. The number of ether oxygens (including phenoxy) is 3. The van der Waals surface area contributed by atoms with Crippen LogP contribution in [-0.4, -0.2) is 37.7 Å². The minimum absolute atomic E-state index is 0.138. The van der Waals surface area contributed by atoms with Crippen molar-refractivity contribution in [3.63, 3.8) is 0 Å². The fourth-order valence-electron chi connectivity index (χ4n) is 3.58. The maximum absolute atomic E-state index is 12.4. The van der Waals surface area contributed by atoms with E-state index in [0.29, 0.717) is 29.9 Å². The van der Waals surface area contributed by atoms with E-state index in [0.717, 1.165) is 18.4 Å². The lowest BCUT2D eigenvalue weighted by Gasteiger charge is -2.35. The van der Waals surface area contributed by atoms with Crippen LogP contribution in [0.15, 0.2) is 24.3 Å². The minimum Gasteiger partial charge on any atom is -0.493 e. The second-order valence-corrected chi connectivity index (χ2v) is 7.64. The van der Waals surface area contributed by atoms with Crippen LogP contribution in [0.4, 0.5) is 0 Å². The molecule has 1 N–H and O–H groups in total. The zero-order valence-electron chi connectivity index (χ0n) is 18.1. The Morgan fingerprint density at radius 2 is 2.00 bits per heavy atom. The van der Waals surface area contributed by atoms with Crippen molar-refractivity contribution in [2.24, 2.45) is 11.8 Å². The molecule has 1 saturated carbocycles. The van der Waals surface area contributed by atoms with Crippen molar-refractivity contribution in [3.8, 4) is 11.5 Å². The van der Waals surface area contributed by atoms with Gasteiger partial charge in [0, 0.05) is 12.1 Å².